The van der Waals surface area contributed by atoms with E-state index in [1.807, 2.05) is 36.6 Å². The first-order chi connectivity index (χ1) is 14.9. The molecule has 0 radical (unpaired) electrons. The number of fused-ring (bicyclic) bond motifs is 1. The lowest BCUT2D eigenvalue weighted by molar-refractivity contribution is -0.113. The van der Waals surface area contributed by atoms with Crippen molar-refractivity contribution in [2.24, 2.45) is 0 Å². The van der Waals surface area contributed by atoms with Crippen LogP contribution in [0, 0.1) is 6.92 Å². The molecule has 1 amide bonds. The van der Waals surface area contributed by atoms with E-state index in [-0.39, 0.29) is 23.8 Å². The Labute approximate surface area is 197 Å². The van der Waals surface area contributed by atoms with Crippen LogP contribution in [0.3, 0.4) is 0 Å². The lowest BCUT2D eigenvalue weighted by atomic mass is 10.2. The highest BCUT2D eigenvalue weighted by molar-refractivity contribution is 7.99. The summed E-state index contributed by atoms with van der Waals surface area (Å²) >= 11 is 15.0. The molecule has 0 aliphatic carbocycles. The molecule has 4 rings (SSSR count). The largest absolute Gasteiger partial charge is 0.325 e. The lowest BCUT2D eigenvalue weighted by Gasteiger charge is -2.13. The van der Waals surface area contributed by atoms with Crippen molar-refractivity contribution in [1.82, 2.24) is 9.55 Å². The van der Waals surface area contributed by atoms with Crippen molar-refractivity contribution >= 4 is 68.1 Å². The van der Waals surface area contributed by atoms with E-state index in [1.54, 1.807) is 28.8 Å². The minimum Gasteiger partial charge on any atom is -0.325 e. The molecule has 0 saturated heterocycles. The standard InChI is InChI=1S/C22H17Cl2N3O2S2/c1-13-6-7-15(10-17(13)24)25-19(28)12-31-22-26-18-8-9-30-20(18)21(29)27(22)11-14-4-2-3-5-16(14)23/h2-10H,11-12H2,1H3,(H,25,28). The second-order valence-corrected chi connectivity index (χ2v) is 9.49. The molecule has 5 nitrogen and oxygen atoms in total. The monoisotopic (exact) mass is 489 g/mol. The highest BCUT2D eigenvalue weighted by atomic mass is 35.5. The fourth-order valence-corrected chi connectivity index (χ4v) is 4.92. The predicted molar refractivity (Wildman–Crippen MR) is 130 cm³/mol. The van der Waals surface area contributed by atoms with Gasteiger partial charge in [0.2, 0.25) is 5.91 Å². The minimum absolute atomic E-state index is 0.0934. The Balaban J connectivity index is 1.58. The summed E-state index contributed by atoms with van der Waals surface area (Å²) in [6.07, 6.45) is 0. The molecule has 0 aliphatic heterocycles. The number of thioether (sulfide) groups is 1. The number of hydrogen-bond acceptors (Lipinski definition) is 5. The molecule has 31 heavy (non-hydrogen) atoms. The normalized spacial score (nSPS) is 11.1. The molecule has 0 atom stereocenters. The molecule has 0 aliphatic rings. The average Bonchev–Trinajstić information content (AvgIpc) is 3.22. The number of benzene rings is 2. The van der Waals surface area contributed by atoms with Gasteiger partial charge in [-0.05, 0) is 47.7 Å². The zero-order valence-corrected chi connectivity index (χ0v) is 19.5. The molecule has 2 aromatic carbocycles. The molecule has 158 valence electrons. The van der Waals surface area contributed by atoms with Gasteiger partial charge in [0.15, 0.2) is 5.16 Å². The molecular formula is C22H17Cl2N3O2S2. The summed E-state index contributed by atoms with van der Waals surface area (Å²) in [5.74, 6) is -0.121. The van der Waals surface area contributed by atoms with Gasteiger partial charge in [-0.2, -0.15) is 0 Å². The van der Waals surface area contributed by atoms with E-state index in [0.717, 1.165) is 11.1 Å². The Morgan fingerprint density at radius 1 is 1.16 bits per heavy atom. The number of aromatic nitrogens is 2. The first-order valence-electron chi connectivity index (χ1n) is 9.32. The van der Waals surface area contributed by atoms with Crippen molar-refractivity contribution < 1.29 is 4.79 Å². The summed E-state index contributed by atoms with van der Waals surface area (Å²) in [4.78, 5) is 30.2. The second-order valence-electron chi connectivity index (χ2n) is 6.81. The summed E-state index contributed by atoms with van der Waals surface area (Å²) in [6, 6.07) is 14.5. The van der Waals surface area contributed by atoms with Crippen molar-refractivity contribution in [3.05, 3.63) is 85.4 Å². The summed E-state index contributed by atoms with van der Waals surface area (Å²) in [5.41, 5.74) is 2.85. The van der Waals surface area contributed by atoms with Crippen molar-refractivity contribution in [1.29, 1.82) is 0 Å². The van der Waals surface area contributed by atoms with E-state index < -0.39 is 0 Å². The van der Waals surface area contributed by atoms with Crippen LogP contribution in [0.25, 0.3) is 10.2 Å². The highest BCUT2D eigenvalue weighted by Gasteiger charge is 2.16. The first kappa shape index (κ1) is 21.9. The van der Waals surface area contributed by atoms with E-state index in [4.69, 9.17) is 23.2 Å². The SMILES string of the molecule is Cc1ccc(NC(=O)CSc2nc3ccsc3c(=O)n2Cc2ccccc2Cl)cc1Cl. The summed E-state index contributed by atoms with van der Waals surface area (Å²) < 4.78 is 2.15. The van der Waals surface area contributed by atoms with Crippen LogP contribution in [0.15, 0.2) is 63.9 Å². The zero-order chi connectivity index (χ0) is 22.0. The maximum absolute atomic E-state index is 13.1. The average molecular weight is 490 g/mol. The second kappa shape index (κ2) is 9.44. The third-order valence-electron chi connectivity index (χ3n) is 4.61. The summed E-state index contributed by atoms with van der Waals surface area (Å²) in [7, 11) is 0. The molecular weight excluding hydrogens is 473 g/mol. The fourth-order valence-electron chi connectivity index (χ4n) is 2.97. The lowest BCUT2D eigenvalue weighted by Crippen LogP contribution is -2.24. The van der Waals surface area contributed by atoms with E-state index in [9.17, 15) is 9.59 Å². The zero-order valence-electron chi connectivity index (χ0n) is 16.4. The minimum atomic E-state index is -0.214. The molecule has 1 N–H and O–H groups in total. The Morgan fingerprint density at radius 3 is 2.74 bits per heavy atom. The van der Waals surface area contributed by atoms with Gasteiger partial charge in [-0.3, -0.25) is 14.2 Å². The van der Waals surface area contributed by atoms with Gasteiger partial charge < -0.3 is 5.32 Å². The Hall–Kier alpha value is -2.32. The first-order valence-corrected chi connectivity index (χ1v) is 11.9. The number of nitrogens with zero attached hydrogens (tertiary/aromatic N) is 2. The molecule has 9 heteroatoms. The Bertz CT molecular complexity index is 1330. The molecule has 0 saturated carbocycles. The topological polar surface area (TPSA) is 64.0 Å². The van der Waals surface area contributed by atoms with Gasteiger partial charge in [0, 0.05) is 15.7 Å². The predicted octanol–water partition coefficient (Wildman–Crippen LogP) is 5.85. The van der Waals surface area contributed by atoms with Crippen LogP contribution in [0.4, 0.5) is 5.69 Å². The number of rotatable bonds is 6. The van der Waals surface area contributed by atoms with Gasteiger partial charge in [0.1, 0.15) is 4.70 Å². The fraction of sp³-hybridized carbons (Fsp3) is 0.136. The third kappa shape index (κ3) is 4.96. The number of carbonyl (C=O) groups is 1. The van der Waals surface area contributed by atoms with E-state index in [1.165, 1.54) is 23.1 Å². The van der Waals surface area contributed by atoms with Crippen molar-refractivity contribution in [2.45, 2.75) is 18.6 Å². The number of halogens is 2. The molecule has 0 unspecified atom stereocenters. The van der Waals surface area contributed by atoms with Gasteiger partial charge in [-0.15, -0.1) is 11.3 Å². The van der Waals surface area contributed by atoms with Crippen molar-refractivity contribution in [3.8, 4) is 0 Å². The number of hydrogen-bond donors (Lipinski definition) is 1. The maximum atomic E-state index is 13.1. The highest BCUT2D eigenvalue weighted by Crippen LogP contribution is 2.24. The van der Waals surface area contributed by atoms with Gasteiger partial charge in [0.05, 0.1) is 17.8 Å². The van der Waals surface area contributed by atoms with Crippen LogP contribution < -0.4 is 10.9 Å². The van der Waals surface area contributed by atoms with Gasteiger partial charge >= 0.3 is 0 Å². The number of thiophene rings is 1. The smallest absolute Gasteiger partial charge is 0.272 e. The molecule has 2 heterocycles. The van der Waals surface area contributed by atoms with Crippen LogP contribution in [0.1, 0.15) is 11.1 Å². The quantitative estimate of drug-likeness (QED) is 0.272. The van der Waals surface area contributed by atoms with Crippen molar-refractivity contribution in [3.63, 3.8) is 0 Å². The van der Waals surface area contributed by atoms with Crippen molar-refractivity contribution in [2.75, 3.05) is 11.1 Å². The van der Waals surface area contributed by atoms with Crippen LogP contribution in [0.2, 0.25) is 10.0 Å². The number of carbonyl (C=O) groups excluding carboxylic acids is 1. The van der Waals surface area contributed by atoms with E-state index in [0.29, 0.717) is 31.1 Å². The van der Waals surface area contributed by atoms with Crippen LogP contribution in [0.5, 0.6) is 0 Å². The maximum Gasteiger partial charge on any atom is 0.272 e. The van der Waals surface area contributed by atoms with Crippen LogP contribution in [-0.2, 0) is 11.3 Å². The summed E-state index contributed by atoms with van der Waals surface area (Å²) in [6.45, 7) is 2.17. The number of anilines is 1. The summed E-state index contributed by atoms with van der Waals surface area (Å²) in [5, 5.41) is 6.29. The van der Waals surface area contributed by atoms with Gasteiger partial charge in [0.25, 0.3) is 5.56 Å². The Morgan fingerprint density at radius 2 is 1.97 bits per heavy atom. The number of nitrogens with one attached hydrogen (secondary N) is 1. The van der Waals surface area contributed by atoms with Crippen LogP contribution in [-0.4, -0.2) is 21.2 Å². The van der Waals surface area contributed by atoms with Gasteiger partial charge in [-0.25, -0.2) is 4.98 Å². The van der Waals surface area contributed by atoms with Crippen LogP contribution >= 0.6 is 46.3 Å². The van der Waals surface area contributed by atoms with E-state index in [2.05, 4.69) is 10.3 Å². The molecule has 2 aromatic heterocycles. The van der Waals surface area contributed by atoms with Gasteiger partial charge in [-0.1, -0.05) is 59.2 Å². The Kier molecular flexibility index (Phi) is 6.67. The third-order valence-corrected chi connectivity index (χ3v) is 7.25. The molecule has 0 fully saturated rings. The number of aryl methyl sites for hydroxylation is 1. The molecule has 0 spiro atoms. The molecule has 4 aromatic rings. The number of amides is 1. The molecule has 0 bridgehead atoms. The van der Waals surface area contributed by atoms with E-state index >= 15 is 0 Å².